The molecule has 146 valence electrons. The fourth-order valence-corrected chi connectivity index (χ4v) is 2.69. The molecule has 7 heteroatoms. The van der Waals surface area contributed by atoms with E-state index in [9.17, 15) is 19.5 Å². The van der Waals surface area contributed by atoms with Crippen molar-refractivity contribution in [2.45, 2.75) is 96.1 Å². The van der Waals surface area contributed by atoms with Crippen LogP contribution >= 0.6 is 0 Å². The number of aliphatic hydroxyl groups is 1. The smallest absolute Gasteiger partial charge is 0.326 e. The first-order chi connectivity index (χ1) is 11.7. The number of aliphatic carboxylic acids is 1. The molecule has 0 bridgehead atoms. The first kappa shape index (κ1) is 23.4. The molecule has 0 aromatic rings. The van der Waals surface area contributed by atoms with Crippen LogP contribution in [0.25, 0.3) is 0 Å². The van der Waals surface area contributed by atoms with Gasteiger partial charge >= 0.3 is 5.97 Å². The first-order valence-electron chi connectivity index (χ1n) is 9.21. The Morgan fingerprint density at radius 2 is 1.64 bits per heavy atom. The summed E-state index contributed by atoms with van der Waals surface area (Å²) in [5.41, 5.74) is 3.83. The van der Waals surface area contributed by atoms with Gasteiger partial charge in [0.25, 0.3) is 0 Å². The SMILES string of the molecule is CCCCCCCCCC(C)(O)CC(=O)N[C@@H](CCC(N)=O)C(=O)O. The fraction of sp³-hybridized carbons (Fsp3) is 0.833. The molecule has 0 heterocycles. The molecule has 0 fully saturated rings. The zero-order valence-corrected chi connectivity index (χ0v) is 15.6. The van der Waals surface area contributed by atoms with Crippen LogP contribution in [0.1, 0.15) is 84.5 Å². The largest absolute Gasteiger partial charge is 0.480 e. The van der Waals surface area contributed by atoms with E-state index < -0.39 is 29.4 Å². The van der Waals surface area contributed by atoms with Gasteiger partial charge in [0.15, 0.2) is 0 Å². The van der Waals surface area contributed by atoms with Crippen LogP contribution in [0.4, 0.5) is 0 Å². The monoisotopic (exact) mass is 358 g/mol. The van der Waals surface area contributed by atoms with Crippen molar-refractivity contribution in [1.82, 2.24) is 5.32 Å². The minimum absolute atomic E-state index is 0.0592. The number of carboxylic acids is 1. The highest BCUT2D eigenvalue weighted by Crippen LogP contribution is 2.19. The molecule has 0 aromatic carbocycles. The average molecular weight is 358 g/mol. The Bertz CT molecular complexity index is 424. The topological polar surface area (TPSA) is 130 Å². The molecular weight excluding hydrogens is 324 g/mol. The summed E-state index contributed by atoms with van der Waals surface area (Å²) >= 11 is 0. The highest BCUT2D eigenvalue weighted by atomic mass is 16.4. The lowest BCUT2D eigenvalue weighted by atomic mass is 9.93. The summed E-state index contributed by atoms with van der Waals surface area (Å²) < 4.78 is 0. The van der Waals surface area contributed by atoms with Crippen molar-refractivity contribution in [2.24, 2.45) is 5.73 Å². The average Bonchev–Trinajstić information content (AvgIpc) is 2.49. The van der Waals surface area contributed by atoms with Crippen LogP contribution in [0.5, 0.6) is 0 Å². The van der Waals surface area contributed by atoms with Crippen LogP contribution in [-0.4, -0.2) is 39.6 Å². The van der Waals surface area contributed by atoms with E-state index in [2.05, 4.69) is 12.2 Å². The summed E-state index contributed by atoms with van der Waals surface area (Å²) in [6, 6.07) is -1.17. The predicted molar refractivity (Wildman–Crippen MR) is 95.8 cm³/mol. The maximum atomic E-state index is 12.0. The molecular formula is C18H34N2O5. The van der Waals surface area contributed by atoms with E-state index in [1.54, 1.807) is 6.92 Å². The van der Waals surface area contributed by atoms with Gasteiger partial charge in [0.05, 0.1) is 12.0 Å². The number of carboxylic acid groups (broad SMARTS) is 1. The van der Waals surface area contributed by atoms with E-state index in [1.807, 2.05) is 0 Å². The van der Waals surface area contributed by atoms with E-state index in [-0.39, 0.29) is 19.3 Å². The molecule has 5 N–H and O–H groups in total. The van der Waals surface area contributed by atoms with Crippen molar-refractivity contribution in [1.29, 1.82) is 0 Å². The van der Waals surface area contributed by atoms with Gasteiger partial charge in [-0.25, -0.2) is 4.79 Å². The van der Waals surface area contributed by atoms with Crippen LogP contribution in [0.3, 0.4) is 0 Å². The number of unbranched alkanes of at least 4 members (excludes halogenated alkanes) is 6. The van der Waals surface area contributed by atoms with E-state index in [0.717, 1.165) is 19.3 Å². The van der Waals surface area contributed by atoms with Gasteiger partial charge in [-0.05, 0) is 19.8 Å². The van der Waals surface area contributed by atoms with Crippen LogP contribution < -0.4 is 11.1 Å². The molecule has 0 aliphatic heterocycles. The Kier molecular flexibility index (Phi) is 11.9. The van der Waals surface area contributed by atoms with E-state index in [0.29, 0.717) is 6.42 Å². The van der Waals surface area contributed by atoms with Gasteiger partial charge < -0.3 is 21.3 Å². The number of hydrogen-bond donors (Lipinski definition) is 4. The maximum absolute atomic E-state index is 12.0. The summed E-state index contributed by atoms with van der Waals surface area (Å²) in [5.74, 6) is -2.38. The maximum Gasteiger partial charge on any atom is 0.326 e. The molecule has 2 amide bonds. The highest BCUT2D eigenvalue weighted by Gasteiger charge is 2.27. The Balaban J connectivity index is 4.13. The molecule has 7 nitrogen and oxygen atoms in total. The van der Waals surface area contributed by atoms with Crippen molar-refractivity contribution in [3.8, 4) is 0 Å². The number of carbonyl (C=O) groups excluding carboxylic acids is 2. The standard InChI is InChI=1S/C18H34N2O5/c1-3-4-5-6-7-8-9-12-18(2,25)13-16(22)20-14(17(23)24)10-11-15(19)21/h14,25H,3-13H2,1-2H3,(H2,19,21)(H,20,22)(H,23,24)/t14-,18?/m0/s1. The number of rotatable bonds is 15. The second-order valence-corrected chi connectivity index (χ2v) is 7.01. The minimum Gasteiger partial charge on any atom is -0.480 e. The van der Waals surface area contributed by atoms with E-state index >= 15 is 0 Å². The third kappa shape index (κ3) is 13.3. The van der Waals surface area contributed by atoms with Gasteiger partial charge in [0, 0.05) is 6.42 Å². The predicted octanol–water partition coefficient (Wildman–Crippen LogP) is 2.10. The Morgan fingerprint density at radius 1 is 1.08 bits per heavy atom. The van der Waals surface area contributed by atoms with Gasteiger partial charge in [-0.3, -0.25) is 9.59 Å². The van der Waals surface area contributed by atoms with Gasteiger partial charge in [-0.1, -0.05) is 51.9 Å². The zero-order valence-electron chi connectivity index (χ0n) is 15.6. The Labute approximate surface area is 150 Å². The molecule has 0 saturated carbocycles. The van der Waals surface area contributed by atoms with Crippen LogP contribution in [-0.2, 0) is 14.4 Å². The Morgan fingerprint density at radius 3 is 2.16 bits per heavy atom. The quantitative estimate of drug-likeness (QED) is 0.333. The molecule has 0 radical (unpaired) electrons. The number of hydrogen-bond acceptors (Lipinski definition) is 4. The second-order valence-electron chi connectivity index (χ2n) is 7.01. The van der Waals surface area contributed by atoms with Crippen LogP contribution in [0.15, 0.2) is 0 Å². The van der Waals surface area contributed by atoms with Crippen molar-refractivity contribution in [3.63, 3.8) is 0 Å². The third-order valence-electron chi connectivity index (χ3n) is 4.17. The van der Waals surface area contributed by atoms with E-state index in [4.69, 9.17) is 10.8 Å². The van der Waals surface area contributed by atoms with Crippen LogP contribution in [0.2, 0.25) is 0 Å². The van der Waals surface area contributed by atoms with Gasteiger partial charge in [-0.15, -0.1) is 0 Å². The van der Waals surface area contributed by atoms with Crippen molar-refractivity contribution < 1.29 is 24.6 Å². The van der Waals surface area contributed by atoms with Crippen molar-refractivity contribution in [3.05, 3.63) is 0 Å². The molecule has 1 unspecified atom stereocenters. The highest BCUT2D eigenvalue weighted by molar-refractivity contribution is 5.84. The minimum atomic E-state index is -1.22. The summed E-state index contributed by atoms with van der Waals surface area (Å²) in [6.45, 7) is 3.76. The third-order valence-corrected chi connectivity index (χ3v) is 4.17. The molecule has 2 atom stereocenters. The molecule has 0 aliphatic carbocycles. The number of carbonyl (C=O) groups is 3. The number of nitrogens with one attached hydrogen (secondary N) is 1. The zero-order chi connectivity index (χ0) is 19.3. The molecule has 0 spiro atoms. The molecule has 25 heavy (non-hydrogen) atoms. The molecule has 0 rings (SSSR count). The van der Waals surface area contributed by atoms with Gasteiger partial charge in [0.2, 0.25) is 11.8 Å². The number of amides is 2. The van der Waals surface area contributed by atoms with E-state index in [1.165, 1.54) is 25.7 Å². The number of nitrogens with two attached hydrogens (primary N) is 1. The lowest BCUT2D eigenvalue weighted by Crippen LogP contribution is -2.44. The Hall–Kier alpha value is -1.63. The first-order valence-corrected chi connectivity index (χ1v) is 9.21. The summed E-state index contributed by atoms with van der Waals surface area (Å²) in [5, 5.41) is 21.7. The lowest BCUT2D eigenvalue weighted by molar-refractivity contribution is -0.143. The summed E-state index contributed by atoms with van der Waals surface area (Å²) in [6.07, 6.45) is 8.00. The fourth-order valence-electron chi connectivity index (χ4n) is 2.69. The van der Waals surface area contributed by atoms with Gasteiger partial charge in [-0.2, -0.15) is 0 Å². The lowest BCUT2D eigenvalue weighted by Gasteiger charge is -2.24. The molecule has 0 aromatic heterocycles. The normalized spacial score (nSPS) is 14.5. The second kappa shape index (κ2) is 12.7. The van der Waals surface area contributed by atoms with Gasteiger partial charge in [0.1, 0.15) is 6.04 Å². The van der Waals surface area contributed by atoms with Crippen molar-refractivity contribution >= 4 is 17.8 Å². The number of primary amides is 1. The molecule has 0 aliphatic rings. The molecule has 0 saturated heterocycles. The van der Waals surface area contributed by atoms with Crippen molar-refractivity contribution in [2.75, 3.05) is 0 Å². The summed E-state index contributed by atoms with van der Waals surface area (Å²) in [7, 11) is 0. The summed E-state index contributed by atoms with van der Waals surface area (Å²) in [4.78, 5) is 33.8. The van der Waals surface area contributed by atoms with Crippen LogP contribution in [0, 0.1) is 0 Å².